The molecule has 2 aliphatic heterocycles. The number of methoxy groups -OCH3 is 1. The Labute approximate surface area is 154 Å². The van der Waals surface area contributed by atoms with Crippen LogP contribution in [0.2, 0.25) is 0 Å². The Hall–Kier alpha value is -1.95. The third-order valence-electron chi connectivity index (χ3n) is 6.08. The number of amides is 2. The zero-order valence-electron chi connectivity index (χ0n) is 15.7. The molecule has 0 radical (unpaired) electrons. The summed E-state index contributed by atoms with van der Waals surface area (Å²) >= 11 is 0. The lowest BCUT2D eigenvalue weighted by atomic mass is 9.71. The van der Waals surface area contributed by atoms with E-state index >= 15 is 0 Å². The van der Waals surface area contributed by atoms with Crippen molar-refractivity contribution >= 4 is 6.03 Å². The lowest BCUT2D eigenvalue weighted by molar-refractivity contribution is 0.136. The number of nitrogens with one attached hydrogen (secondary N) is 1. The molecule has 1 aromatic carbocycles. The van der Waals surface area contributed by atoms with Crippen molar-refractivity contribution < 1.29 is 19.0 Å². The van der Waals surface area contributed by atoms with E-state index in [0.717, 1.165) is 30.9 Å². The van der Waals surface area contributed by atoms with Gasteiger partial charge < -0.3 is 24.4 Å². The third-order valence-corrected chi connectivity index (χ3v) is 6.08. The molecule has 1 spiro atoms. The molecule has 0 saturated heterocycles. The summed E-state index contributed by atoms with van der Waals surface area (Å²) in [5.41, 5.74) is 2.59. The number of hydrogen-bond acceptors (Lipinski definition) is 4. The quantitative estimate of drug-likeness (QED) is 0.842. The standard InChI is InChI=1S/C20H28N2O4/c1-14-15-11-17-18(26-10-9-25-17)12-16(15)20(5-3-4-6-20)13-22(14)19(23)21-7-8-24-2/h11-12,14H,3-10,13H2,1-2H3,(H,21,23)/t14-/m0/s1. The van der Waals surface area contributed by atoms with Crippen molar-refractivity contribution in [3.8, 4) is 11.5 Å². The summed E-state index contributed by atoms with van der Waals surface area (Å²) in [6.07, 6.45) is 4.66. The number of rotatable bonds is 3. The predicted octanol–water partition coefficient (Wildman–Crippen LogP) is 3.00. The van der Waals surface area contributed by atoms with Crippen molar-refractivity contribution in [1.82, 2.24) is 10.2 Å². The Balaban J connectivity index is 1.69. The first kappa shape index (κ1) is 17.5. The zero-order valence-corrected chi connectivity index (χ0v) is 15.7. The maximum absolute atomic E-state index is 12.8. The van der Waals surface area contributed by atoms with Crippen LogP contribution in [0.4, 0.5) is 4.79 Å². The molecule has 1 N–H and O–H groups in total. The highest BCUT2D eigenvalue weighted by Crippen LogP contribution is 2.51. The van der Waals surface area contributed by atoms with E-state index in [1.807, 2.05) is 4.90 Å². The molecule has 6 heteroatoms. The summed E-state index contributed by atoms with van der Waals surface area (Å²) in [6.45, 7) is 5.09. The molecule has 26 heavy (non-hydrogen) atoms. The lowest BCUT2D eigenvalue weighted by Gasteiger charge is -2.46. The number of urea groups is 1. The summed E-state index contributed by atoms with van der Waals surface area (Å²) in [6, 6.07) is 4.28. The fraction of sp³-hybridized carbons (Fsp3) is 0.650. The number of nitrogens with zero attached hydrogens (tertiary/aromatic N) is 1. The van der Waals surface area contributed by atoms with Gasteiger partial charge in [-0.15, -0.1) is 0 Å². The largest absolute Gasteiger partial charge is 0.486 e. The minimum Gasteiger partial charge on any atom is -0.486 e. The number of benzene rings is 1. The van der Waals surface area contributed by atoms with Gasteiger partial charge in [0.05, 0.1) is 12.6 Å². The second-order valence-electron chi connectivity index (χ2n) is 7.60. The lowest BCUT2D eigenvalue weighted by Crippen LogP contribution is -2.52. The van der Waals surface area contributed by atoms with E-state index in [1.54, 1.807) is 7.11 Å². The number of fused-ring (bicyclic) bond motifs is 3. The molecule has 1 saturated carbocycles. The average molecular weight is 360 g/mol. The summed E-state index contributed by atoms with van der Waals surface area (Å²) in [5, 5.41) is 2.99. The van der Waals surface area contributed by atoms with Gasteiger partial charge in [0.25, 0.3) is 0 Å². The number of carbonyl (C=O) groups is 1. The SMILES string of the molecule is COCCNC(=O)N1CC2(CCCC2)c2cc3c(cc2[C@@H]1C)OCCO3. The van der Waals surface area contributed by atoms with Crippen LogP contribution in [-0.4, -0.2) is 51.0 Å². The fourth-order valence-corrected chi connectivity index (χ4v) is 4.71. The molecule has 1 atom stereocenters. The highest BCUT2D eigenvalue weighted by molar-refractivity contribution is 5.76. The smallest absolute Gasteiger partial charge is 0.318 e. The molecule has 0 aromatic heterocycles. The van der Waals surface area contributed by atoms with Gasteiger partial charge in [0.15, 0.2) is 11.5 Å². The summed E-state index contributed by atoms with van der Waals surface area (Å²) in [4.78, 5) is 14.8. The van der Waals surface area contributed by atoms with Crippen LogP contribution in [0, 0.1) is 0 Å². The van der Waals surface area contributed by atoms with E-state index in [0.29, 0.717) is 26.4 Å². The van der Waals surface area contributed by atoms with Crippen molar-refractivity contribution in [2.45, 2.75) is 44.1 Å². The Bertz CT molecular complexity index is 685. The highest BCUT2D eigenvalue weighted by Gasteiger charge is 2.46. The fourth-order valence-electron chi connectivity index (χ4n) is 4.71. The first-order valence-corrected chi connectivity index (χ1v) is 9.62. The molecule has 1 fully saturated rings. The molecular formula is C20H28N2O4. The molecule has 4 rings (SSSR count). The summed E-state index contributed by atoms with van der Waals surface area (Å²) < 4.78 is 16.7. The average Bonchev–Trinajstić information content (AvgIpc) is 3.13. The molecule has 142 valence electrons. The monoisotopic (exact) mass is 360 g/mol. The number of ether oxygens (including phenoxy) is 3. The van der Waals surface area contributed by atoms with Crippen molar-refractivity contribution in [3.63, 3.8) is 0 Å². The van der Waals surface area contributed by atoms with Gasteiger partial charge in [-0.05, 0) is 43.0 Å². The van der Waals surface area contributed by atoms with Crippen LogP contribution in [-0.2, 0) is 10.2 Å². The van der Waals surface area contributed by atoms with Gasteiger partial charge in [0.1, 0.15) is 13.2 Å². The van der Waals surface area contributed by atoms with Crippen LogP contribution < -0.4 is 14.8 Å². The molecule has 1 aliphatic carbocycles. The normalized spacial score (nSPS) is 23.0. The van der Waals surface area contributed by atoms with Crippen LogP contribution in [0.3, 0.4) is 0 Å². The van der Waals surface area contributed by atoms with E-state index in [-0.39, 0.29) is 17.5 Å². The third kappa shape index (κ3) is 2.90. The van der Waals surface area contributed by atoms with Gasteiger partial charge in [0.2, 0.25) is 0 Å². The van der Waals surface area contributed by atoms with Gasteiger partial charge in [-0.25, -0.2) is 4.79 Å². The highest BCUT2D eigenvalue weighted by atomic mass is 16.6. The molecular weight excluding hydrogens is 332 g/mol. The van der Waals surface area contributed by atoms with Crippen LogP contribution >= 0.6 is 0 Å². The molecule has 0 unspecified atom stereocenters. The number of hydrogen-bond donors (Lipinski definition) is 1. The van der Waals surface area contributed by atoms with Crippen LogP contribution in [0.5, 0.6) is 11.5 Å². The van der Waals surface area contributed by atoms with E-state index < -0.39 is 0 Å². The molecule has 6 nitrogen and oxygen atoms in total. The Morgan fingerprint density at radius 2 is 1.96 bits per heavy atom. The first-order chi connectivity index (χ1) is 12.6. The first-order valence-electron chi connectivity index (χ1n) is 9.62. The maximum atomic E-state index is 12.8. The minimum atomic E-state index is -0.0126. The minimum absolute atomic E-state index is 0.00889. The van der Waals surface area contributed by atoms with Crippen molar-refractivity contribution in [2.75, 3.05) is 40.0 Å². The second kappa shape index (κ2) is 6.99. The van der Waals surface area contributed by atoms with E-state index in [4.69, 9.17) is 14.2 Å². The van der Waals surface area contributed by atoms with E-state index in [1.165, 1.54) is 24.0 Å². The van der Waals surface area contributed by atoms with Gasteiger partial charge >= 0.3 is 6.03 Å². The van der Waals surface area contributed by atoms with Crippen LogP contribution in [0.1, 0.15) is 49.8 Å². The van der Waals surface area contributed by atoms with Crippen molar-refractivity contribution in [3.05, 3.63) is 23.3 Å². The maximum Gasteiger partial charge on any atom is 0.318 e. The van der Waals surface area contributed by atoms with E-state index in [9.17, 15) is 4.79 Å². The zero-order chi connectivity index (χ0) is 18.1. The summed E-state index contributed by atoms with van der Waals surface area (Å²) in [7, 11) is 1.64. The topological polar surface area (TPSA) is 60.0 Å². The van der Waals surface area contributed by atoms with E-state index in [2.05, 4.69) is 24.4 Å². The van der Waals surface area contributed by atoms with Gasteiger partial charge in [-0.2, -0.15) is 0 Å². The van der Waals surface area contributed by atoms with Crippen molar-refractivity contribution in [2.24, 2.45) is 0 Å². The number of carbonyl (C=O) groups excluding carboxylic acids is 1. The Kier molecular flexibility index (Phi) is 4.69. The Morgan fingerprint density at radius 3 is 2.65 bits per heavy atom. The van der Waals surface area contributed by atoms with Gasteiger partial charge in [-0.3, -0.25) is 0 Å². The second-order valence-corrected chi connectivity index (χ2v) is 7.60. The van der Waals surface area contributed by atoms with Gasteiger partial charge in [0, 0.05) is 25.6 Å². The molecule has 3 aliphatic rings. The molecule has 0 bridgehead atoms. The molecule has 2 amide bonds. The summed E-state index contributed by atoms with van der Waals surface area (Å²) in [5.74, 6) is 1.66. The van der Waals surface area contributed by atoms with Crippen LogP contribution in [0.15, 0.2) is 12.1 Å². The van der Waals surface area contributed by atoms with Crippen molar-refractivity contribution in [1.29, 1.82) is 0 Å². The molecule has 1 aromatic rings. The Morgan fingerprint density at radius 1 is 1.27 bits per heavy atom. The van der Waals surface area contributed by atoms with Gasteiger partial charge in [-0.1, -0.05) is 12.8 Å². The molecule has 2 heterocycles. The van der Waals surface area contributed by atoms with Crippen LogP contribution in [0.25, 0.3) is 0 Å². The predicted molar refractivity (Wildman–Crippen MR) is 98.0 cm³/mol.